The lowest BCUT2D eigenvalue weighted by Gasteiger charge is -2.32. The molecular formula is C21H20ClFN6O. The summed E-state index contributed by atoms with van der Waals surface area (Å²) in [4.78, 5) is 14.3. The Labute approximate surface area is 178 Å². The highest BCUT2D eigenvalue weighted by molar-refractivity contribution is 6.30. The van der Waals surface area contributed by atoms with E-state index in [1.54, 1.807) is 33.8 Å². The minimum Gasteiger partial charge on any atom is -0.355 e. The number of aromatic nitrogens is 4. The number of hydrogen-bond donors (Lipinski definition) is 1. The molecule has 3 aromatic rings. The monoisotopic (exact) mass is 426 g/mol. The molecule has 1 aromatic heterocycles. The van der Waals surface area contributed by atoms with Gasteiger partial charge < -0.3 is 5.32 Å². The molecule has 9 heteroatoms. The first-order chi connectivity index (χ1) is 14.6. The molecule has 0 radical (unpaired) electrons. The Morgan fingerprint density at radius 2 is 1.90 bits per heavy atom. The lowest BCUT2D eigenvalue weighted by Crippen LogP contribution is -2.40. The summed E-state index contributed by atoms with van der Waals surface area (Å²) in [7, 11) is 0. The molecule has 30 heavy (non-hydrogen) atoms. The lowest BCUT2D eigenvalue weighted by atomic mass is 10.0. The third-order valence-electron chi connectivity index (χ3n) is 4.81. The van der Waals surface area contributed by atoms with Crippen molar-refractivity contribution < 1.29 is 9.18 Å². The molecule has 0 bridgehead atoms. The Hall–Kier alpha value is -3.26. The van der Waals surface area contributed by atoms with Gasteiger partial charge in [0.1, 0.15) is 18.4 Å². The summed E-state index contributed by atoms with van der Waals surface area (Å²) in [6.07, 6.45) is 2.81. The van der Waals surface area contributed by atoms with Gasteiger partial charge in [-0.1, -0.05) is 47.9 Å². The van der Waals surface area contributed by atoms with E-state index in [1.165, 1.54) is 12.1 Å². The fraction of sp³-hybridized carbons (Fsp3) is 0.238. The summed E-state index contributed by atoms with van der Waals surface area (Å²) in [5.74, 6) is -0.0162. The molecule has 0 saturated carbocycles. The molecule has 154 valence electrons. The number of rotatable bonds is 6. The van der Waals surface area contributed by atoms with Gasteiger partial charge in [-0.3, -0.25) is 9.69 Å². The van der Waals surface area contributed by atoms with E-state index in [-0.39, 0.29) is 24.3 Å². The van der Waals surface area contributed by atoms with Crippen LogP contribution in [0.3, 0.4) is 0 Å². The van der Waals surface area contributed by atoms with Crippen molar-refractivity contribution in [2.45, 2.75) is 19.4 Å². The molecule has 1 aliphatic rings. The first kappa shape index (κ1) is 20.0. The van der Waals surface area contributed by atoms with Gasteiger partial charge in [-0.2, -0.15) is 4.68 Å². The zero-order valence-electron chi connectivity index (χ0n) is 16.3. The van der Waals surface area contributed by atoms with Gasteiger partial charge in [0.15, 0.2) is 0 Å². The first-order valence-electron chi connectivity index (χ1n) is 9.62. The Morgan fingerprint density at radius 1 is 1.17 bits per heavy atom. The maximum Gasteiger partial charge on any atom is 0.251 e. The SMILES string of the molecule is CCCNC(=O)CN1C(c2ccc(Cl)cc2)=CC(c2ccc(F)cc2)n2nnnc21. The van der Waals surface area contributed by atoms with Crippen molar-refractivity contribution in [3.63, 3.8) is 0 Å². The number of fused-ring (bicyclic) bond motifs is 1. The van der Waals surface area contributed by atoms with Crippen molar-refractivity contribution in [2.24, 2.45) is 0 Å². The third-order valence-corrected chi connectivity index (χ3v) is 5.06. The summed E-state index contributed by atoms with van der Waals surface area (Å²) in [5, 5.41) is 15.6. The van der Waals surface area contributed by atoms with Crippen LogP contribution in [0.15, 0.2) is 54.6 Å². The average Bonchev–Trinajstić information content (AvgIpc) is 3.24. The quantitative estimate of drug-likeness (QED) is 0.653. The summed E-state index contributed by atoms with van der Waals surface area (Å²) in [5.41, 5.74) is 2.46. The maximum absolute atomic E-state index is 13.4. The lowest BCUT2D eigenvalue weighted by molar-refractivity contribution is -0.119. The number of anilines is 1. The first-order valence-corrected chi connectivity index (χ1v) is 10.00. The third kappa shape index (κ3) is 4.04. The van der Waals surface area contributed by atoms with E-state index in [2.05, 4.69) is 20.8 Å². The van der Waals surface area contributed by atoms with E-state index in [0.717, 1.165) is 23.2 Å². The minimum absolute atomic E-state index is 0.0605. The second kappa shape index (κ2) is 8.62. The van der Waals surface area contributed by atoms with E-state index in [1.807, 2.05) is 25.1 Å². The predicted octanol–water partition coefficient (Wildman–Crippen LogP) is 3.44. The molecule has 7 nitrogen and oxygen atoms in total. The zero-order chi connectivity index (χ0) is 21.1. The molecule has 1 aliphatic heterocycles. The molecule has 1 atom stereocenters. The molecule has 1 N–H and O–H groups in total. The van der Waals surface area contributed by atoms with Crippen LogP contribution < -0.4 is 10.2 Å². The second-order valence-corrected chi connectivity index (χ2v) is 7.35. The number of allylic oxidation sites excluding steroid dienone is 1. The van der Waals surface area contributed by atoms with Crippen molar-refractivity contribution >= 4 is 29.2 Å². The van der Waals surface area contributed by atoms with Crippen LogP contribution in [0, 0.1) is 5.82 Å². The van der Waals surface area contributed by atoms with Gasteiger partial charge in [0, 0.05) is 11.6 Å². The van der Waals surface area contributed by atoms with Crippen LogP contribution in [0.5, 0.6) is 0 Å². The molecular weight excluding hydrogens is 407 g/mol. The van der Waals surface area contributed by atoms with E-state index in [9.17, 15) is 9.18 Å². The zero-order valence-corrected chi connectivity index (χ0v) is 17.1. The van der Waals surface area contributed by atoms with Gasteiger partial charge in [0.05, 0.1) is 5.70 Å². The number of nitrogens with zero attached hydrogens (tertiary/aromatic N) is 5. The van der Waals surface area contributed by atoms with Crippen molar-refractivity contribution in [3.05, 3.63) is 76.6 Å². The topological polar surface area (TPSA) is 75.9 Å². The average molecular weight is 427 g/mol. The number of carbonyl (C=O) groups is 1. The summed E-state index contributed by atoms with van der Waals surface area (Å²) >= 11 is 6.06. The van der Waals surface area contributed by atoms with Gasteiger partial charge in [0.25, 0.3) is 5.95 Å². The number of tetrazole rings is 1. The van der Waals surface area contributed by atoms with Crippen LogP contribution in [0.4, 0.5) is 10.3 Å². The molecule has 0 fully saturated rings. The van der Waals surface area contributed by atoms with E-state index in [0.29, 0.717) is 17.5 Å². The molecule has 2 heterocycles. The number of amides is 1. The Balaban J connectivity index is 1.78. The number of benzene rings is 2. The highest BCUT2D eigenvalue weighted by Gasteiger charge is 2.31. The smallest absolute Gasteiger partial charge is 0.251 e. The van der Waals surface area contributed by atoms with Crippen molar-refractivity contribution in [1.82, 2.24) is 25.5 Å². The minimum atomic E-state index is -0.351. The number of carbonyl (C=O) groups excluding carboxylic acids is 1. The second-order valence-electron chi connectivity index (χ2n) is 6.91. The van der Waals surface area contributed by atoms with Crippen LogP contribution in [0.25, 0.3) is 5.70 Å². The normalized spacial score (nSPS) is 15.5. The summed E-state index contributed by atoms with van der Waals surface area (Å²) in [6, 6.07) is 13.2. The van der Waals surface area contributed by atoms with Gasteiger partial charge in [-0.25, -0.2) is 4.39 Å². The van der Waals surface area contributed by atoms with Crippen molar-refractivity contribution in [1.29, 1.82) is 0 Å². The van der Waals surface area contributed by atoms with Crippen LogP contribution >= 0.6 is 11.6 Å². The molecule has 0 aliphatic carbocycles. The fourth-order valence-electron chi connectivity index (χ4n) is 3.35. The molecule has 1 amide bonds. The summed E-state index contributed by atoms with van der Waals surface area (Å²) < 4.78 is 15.1. The van der Waals surface area contributed by atoms with Crippen LogP contribution in [0.1, 0.15) is 30.5 Å². The van der Waals surface area contributed by atoms with Gasteiger partial charge in [-0.15, -0.1) is 0 Å². The number of hydrogen-bond acceptors (Lipinski definition) is 5. The Morgan fingerprint density at radius 3 is 2.60 bits per heavy atom. The molecule has 2 aromatic carbocycles. The van der Waals surface area contributed by atoms with Gasteiger partial charge in [-0.05, 0) is 58.3 Å². The Bertz CT molecular complexity index is 1060. The van der Waals surface area contributed by atoms with E-state index < -0.39 is 0 Å². The van der Waals surface area contributed by atoms with Crippen LogP contribution in [-0.2, 0) is 4.79 Å². The highest BCUT2D eigenvalue weighted by atomic mass is 35.5. The predicted molar refractivity (Wildman–Crippen MR) is 112 cm³/mol. The molecule has 1 unspecified atom stereocenters. The van der Waals surface area contributed by atoms with Gasteiger partial charge >= 0.3 is 0 Å². The van der Waals surface area contributed by atoms with Crippen molar-refractivity contribution in [2.75, 3.05) is 18.0 Å². The van der Waals surface area contributed by atoms with E-state index in [4.69, 9.17) is 11.6 Å². The van der Waals surface area contributed by atoms with Crippen molar-refractivity contribution in [3.8, 4) is 0 Å². The maximum atomic E-state index is 13.4. The molecule has 4 rings (SSSR count). The Kier molecular flexibility index (Phi) is 5.76. The standard InChI is InChI=1S/C21H20ClFN6O/c1-2-11-24-20(30)13-28-18(14-3-7-16(22)8-4-14)12-19(29-21(28)25-26-27-29)15-5-9-17(23)10-6-15/h3-10,12,19H,2,11,13H2,1H3,(H,24,30). The fourth-order valence-corrected chi connectivity index (χ4v) is 3.48. The number of nitrogens with one attached hydrogen (secondary N) is 1. The van der Waals surface area contributed by atoms with E-state index >= 15 is 0 Å². The highest BCUT2D eigenvalue weighted by Crippen LogP contribution is 2.36. The molecule has 0 spiro atoms. The van der Waals surface area contributed by atoms with Gasteiger partial charge in [0.2, 0.25) is 5.91 Å². The summed E-state index contributed by atoms with van der Waals surface area (Å²) in [6.45, 7) is 2.65. The molecule has 0 saturated heterocycles. The number of halogens is 2. The van der Waals surface area contributed by atoms with Crippen LogP contribution in [0.2, 0.25) is 5.02 Å². The largest absolute Gasteiger partial charge is 0.355 e. The van der Waals surface area contributed by atoms with Crippen LogP contribution in [-0.4, -0.2) is 39.2 Å².